The van der Waals surface area contributed by atoms with Crippen molar-refractivity contribution in [1.82, 2.24) is 20.2 Å². The number of benzene rings is 1. The average Bonchev–Trinajstić information content (AvgIpc) is 2.80. The van der Waals surface area contributed by atoms with Crippen molar-refractivity contribution in [3.63, 3.8) is 0 Å². The minimum atomic E-state index is -4.90. The number of aliphatic hydroxyl groups excluding tert-OH is 2. The number of nitrogens with zero attached hydrogens (tertiary/aromatic N) is 4. The fourth-order valence-electron chi connectivity index (χ4n) is 3.45. The molecule has 0 amide bonds. The summed E-state index contributed by atoms with van der Waals surface area (Å²) in [6.07, 6.45) is -4.93. The minimum absolute atomic E-state index is 0.0275. The number of ether oxygens (including phenoxy) is 1. The monoisotopic (exact) mass is 501 g/mol. The van der Waals surface area contributed by atoms with E-state index in [1.807, 2.05) is 0 Å². The van der Waals surface area contributed by atoms with Gasteiger partial charge in [-0.1, -0.05) is 11.6 Å². The first-order chi connectivity index (χ1) is 16.1. The molecule has 3 heterocycles. The van der Waals surface area contributed by atoms with E-state index in [0.717, 1.165) is 12.1 Å². The summed E-state index contributed by atoms with van der Waals surface area (Å²) in [5.41, 5.74) is -1.03. The highest BCUT2D eigenvalue weighted by Gasteiger charge is 2.36. The van der Waals surface area contributed by atoms with E-state index in [1.54, 1.807) is 4.90 Å². The van der Waals surface area contributed by atoms with Gasteiger partial charge in [-0.05, 0) is 24.6 Å². The highest BCUT2D eigenvalue weighted by Crippen LogP contribution is 2.40. The Morgan fingerprint density at radius 3 is 2.76 bits per heavy atom. The van der Waals surface area contributed by atoms with Gasteiger partial charge in [0.25, 0.3) is 5.56 Å². The maximum Gasteiger partial charge on any atom is 0.420 e. The molecule has 3 aromatic rings. The second-order valence-corrected chi connectivity index (χ2v) is 7.70. The van der Waals surface area contributed by atoms with Crippen molar-refractivity contribution in [2.24, 2.45) is 0 Å². The molecule has 0 aliphatic carbocycles. The van der Waals surface area contributed by atoms with Crippen LogP contribution in [0.15, 0.2) is 29.2 Å². The molecule has 0 spiro atoms. The first kappa shape index (κ1) is 23.9. The molecule has 1 atom stereocenters. The molecule has 0 radical (unpaired) electrons. The molecule has 9 nitrogen and oxygen atoms in total. The number of fused-ring (bicyclic) bond motifs is 1. The molecule has 3 N–H and O–H groups in total. The number of H-pyrrole nitrogens is 1. The number of nitrogens with one attached hydrogen (secondary N) is 1. The molecule has 1 aromatic carbocycles. The number of aliphatic hydroxyl groups is 2. The number of alkyl halides is 3. The van der Waals surface area contributed by atoms with Crippen LogP contribution in [0.1, 0.15) is 28.7 Å². The molecule has 0 saturated carbocycles. The van der Waals surface area contributed by atoms with E-state index in [-0.39, 0.29) is 41.9 Å². The Morgan fingerprint density at radius 2 is 2.06 bits per heavy atom. The molecule has 2 aromatic heterocycles. The molecule has 4 rings (SSSR count). The normalized spacial score (nSPS) is 14.6. The van der Waals surface area contributed by atoms with Crippen LogP contribution in [0.2, 0.25) is 5.02 Å². The Hall–Kier alpha value is -3.29. The topological polar surface area (TPSA) is 124 Å². The van der Waals surface area contributed by atoms with E-state index >= 15 is 0 Å². The van der Waals surface area contributed by atoms with Gasteiger partial charge >= 0.3 is 6.18 Å². The van der Waals surface area contributed by atoms with Gasteiger partial charge in [0, 0.05) is 12.1 Å². The Bertz CT molecular complexity index is 1290. The Morgan fingerprint density at radius 1 is 1.29 bits per heavy atom. The first-order valence-electron chi connectivity index (χ1n) is 9.79. The van der Waals surface area contributed by atoms with E-state index in [0.29, 0.717) is 17.3 Å². The van der Waals surface area contributed by atoms with Gasteiger partial charge in [0.15, 0.2) is 5.82 Å². The summed E-state index contributed by atoms with van der Waals surface area (Å²) in [6.45, 7) is -0.467. The van der Waals surface area contributed by atoms with Crippen LogP contribution in [0, 0.1) is 5.82 Å². The highest BCUT2D eigenvalue weighted by atomic mass is 35.5. The summed E-state index contributed by atoms with van der Waals surface area (Å²) >= 11 is 6.08. The zero-order valence-corrected chi connectivity index (χ0v) is 17.9. The van der Waals surface area contributed by atoms with Crippen LogP contribution >= 0.6 is 11.6 Å². The van der Waals surface area contributed by atoms with Crippen LogP contribution < -0.4 is 15.2 Å². The van der Waals surface area contributed by atoms with Gasteiger partial charge in [0.1, 0.15) is 28.3 Å². The van der Waals surface area contributed by atoms with Crippen LogP contribution in [0.25, 0.3) is 0 Å². The van der Waals surface area contributed by atoms with E-state index in [4.69, 9.17) is 16.3 Å². The van der Waals surface area contributed by atoms with Gasteiger partial charge in [0.05, 0.1) is 30.7 Å². The van der Waals surface area contributed by atoms with Crippen molar-refractivity contribution in [3.8, 4) is 11.6 Å². The zero-order valence-electron chi connectivity index (χ0n) is 17.1. The number of halogens is 5. The quantitative estimate of drug-likeness (QED) is 0.456. The summed E-state index contributed by atoms with van der Waals surface area (Å²) in [4.78, 5) is 21.7. The van der Waals surface area contributed by atoms with Crippen LogP contribution in [0.4, 0.5) is 23.2 Å². The number of rotatable bonds is 5. The predicted molar refractivity (Wildman–Crippen MR) is 110 cm³/mol. The predicted octanol–water partition coefficient (Wildman–Crippen LogP) is 2.75. The van der Waals surface area contributed by atoms with Crippen LogP contribution in [-0.2, 0) is 19.1 Å². The largest absolute Gasteiger partial charge is 0.438 e. The lowest BCUT2D eigenvalue weighted by Gasteiger charge is -2.31. The van der Waals surface area contributed by atoms with Crippen LogP contribution in [0.5, 0.6) is 11.6 Å². The first-order valence-corrected chi connectivity index (χ1v) is 10.2. The number of hydrogen-bond donors (Lipinski definition) is 3. The fourth-order valence-corrected chi connectivity index (χ4v) is 3.66. The fraction of sp³-hybridized carbons (Fsp3) is 0.300. The second-order valence-electron chi connectivity index (χ2n) is 7.32. The van der Waals surface area contributed by atoms with E-state index < -0.39 is 41.6 Å². The van der Waals surface area contributed by atoms with Crippen molar-refractivity contribution in [2.75, 3.05) is 18.1 Å². The summed E-state index contributed by atoms with van der Waals surface area (Å²) in [7, 11) is 0. The Kier molecular flexibility index (Phi) is 6.43. The molecular weight excluding hydrogens is 486 g/mol. The summed E-state index contributed by atoms with van der Waals surface area (Å²) < 4.78 is 59.3. The molecule has 34 heavy (non-hydrogen) atoms. The molecule has 0 fully saturated rings. The van der Waals surface area contributed by atoms with Gasteiger partial charge in [-0.15, -0.1) is 0 Å². The van der Waals surface area contributed by atoms with Crippen molar-refractivity contribution < 1.29 is 32.5 Å². The van der Waals surface area contributed by atoms with Crippen LogP contribution in [-0.4, -0.2) is 43.5 Å². The lowest BCUT2D eigenvalue weighted by atomic mass is 10.0. The molecule has 14 heteroatoms. The van der Waals surface area contributed by atoms with Gasteiger partial charge in [-0.3, -0.25) is 4.79 Å². The summed E-state index contributed by atoms with van der Waals surface area (Å²) in [5.74, 6) is -2.36. The van der Waals surface area contributed by atoms with Crippen molar-refractivity contribution in [1.29, 1.82) is 0 Å². The van der Waals surface area contributed by atoms with E-state index in [1.165, 1.54) is 6.20 Å². The number of aromatic amines is 1. The van der Waals surface area contributed by atoms with Gasteiger partial charge in [-0.2, -0.15) is 23.3 Å². The number of anilines is 1. The Labute approximate surface area is 193 Å². The highest BCUT2D eigenvalue weighted by molar-refractivity contribution is 6.33. The number of hydrogen-bond acceptors (Lipinski definition) is 8. The standard InChI is InChI=1S/C20H16ClF4N5O4/c21-16-13(6-26-29-18(16)33)30-4-3-10-12(7-30)27-17(14(32)8-31)28-19(10)34-15-2-1-9(22)5-11(15)20(23,24)25/h1-2,5-6,14,31-32H,3-4,7-8H2,(H,29,33)/t14-/m0/s1. The zero-order chi connectivity index (χ0) is 24.6. The van der Waals surface area contributed by atoms with E-state index in [9.17, 15) is 32.6 Å². The minimum Gasteiger partial charge on any atom is -0.438 e. The molecule has 0 unspecified atom stereocenters. The summed E-state index contributed by atoms with van der Waals surface area (Å²) in [5, 5.41) is 25.2. The number of aromatic nitrogens is 4. The molecule has 0 saturated heterocycles. The van der Waals surface area contributed by atoms with Gasteiger partial charge in [-0.25, -0.2) is 14.5 Å². The van der Waals surface area contributed by atoms with Crippen molar-refractivity contribution in [3.05, 3.63) is 68.2 Å². The molecule has 1 aliphatic rings. The summed E-state index contributed by atoms with van der Waals surface area (Å²) in [6, 6.07) is 1.94. The SMILES string of the molecule is O=c1[nH]ncc(N2CCc3c(nc([C@@H](O)CO)nc3Oc3ccc(F)cc3C(F)(F)F)C2)c1Cl. The Balaban J connectivity index is 1.78. The maximum absolute atomic E-state index is 13.5. The van der Waals surface area contributed by atoms with Crippen molar-refractivity contribution in [2.45, 2.75) is 25.2 Å². The molecule has 0 bridgehead atoms. The van der Waals surface area contributed by atoms with Gasteiger partial charge < -0.3 is 19.8 Å². The lowest BCUT2D eigenvalue weighted by Crippen LogP contribution is -2.33. The van der Waals surface area contributed by atoms with Crippen molar-refractivity contribution >= 4 is 17.3 Å². The smallest absolute Gasteiger partial charge is 0.420 e. The van der Waals surface area contributed by atoms with E-state index in [2.05, 4.69) is 20.2 Å². The molecule has 1 aliphatic heterocycles. The molecular formula is C20H16ClF4N5O4. The molecule has 180 valence electrons. The lowest BCUT2D eigenvalue weighted by molar-refractivity contribution is -0.138. The third-order valence-electron chi connectivity index (χ3n) is 5.09. The second kappa shape index (κ2) is 9.16. The van der Waals surface area contributed by atoms with Gasteiger partial charge in [0.2, 0.25) is 5.88 Å². The average molecular weight is 502 g/mol. The van der Waals surface area contributed by atoms with Crippen LogP contribution in [0.3, 0.4) is 0 Å². The third kappa shape index (κ3) is 4.67. The maximum atomic E-state index is 13.5. The third-order valence-corrected chi connectivity index (χ3v) is 5.45.